The topological polar surface area (TPSA) is 105 Å². The van der Waals surface area contributed by atoms with Crippen LogP contribution in [0.2, 0.25) is 0 Å². The van der Waals surface area contributed by atoms with Gasteiger partial charge in [-0.3, -0.25) is 14.3 Å². The van der Waals surface area contributed by atoms with Gasteiger partial charge in [0, 0.05) is 12.1 Å². The van der Waals surface area contributed by atoms with Crippen molar-refractivity contribution < 1.29 is 27.0 Å². The third kappa shape index (κ3) is 5.99. The van der Waals surface area contributed by atoms with E-state index in [1.165, 1.54) is 30.5 Å². The molecule has 0 fully saturated rings. The molecule has 0 aromatic heterocycles. The third-order valence-corrected chi connectivity index (χ3v) is 6.87. The Morgan fingerprint density at radius 1 is 1.00 bits per heavy atom. The molecule has 0 aliphatic carbocycles. The molecule has 0 unspecified atom stereocenters. The van der Waals surface area contributed by atoms with Gasteiger partial charge in [0.2, 0.25) is 0 Å². The Hall–Kier alpha value is -3.27. The van der Waals surface area contributed by atoms with Gasteiger partial charge in [-0.25, -0.2) is 0 Å². The van der Waals surface area contributed by atoms with Gasteiger partial charge in [0.05, 0.1) is 23.5 Å². The Bertz CT molecular complexity index is 1290. The zero-order chi connectivity index (χ0) is 24.1. The molecule has 0 bridgehead atoms. The molecular weight excluding hydrogens is 458 g/mol. The molecule has 1 aliphatic rings. The number of non-ortho nitro benzene ring substituents is 1. The highest BCUT2D eigenvalue weighted by atomic mass is 32.2. The van der Waals surface area contributed by atoms with Gasteiger partial charge in [0.25, 0.3) is 15.8 Å². The molecule has 4 rings (SSSR count). The van der Waals surface area contributed by atoms with Crippen molar-refractivity contribution in [2.75, 3.05) is 5.75 Å². The number of aryl methyl sites for hydroxylation is 1. The van der Waals surface area contributed by atoms with Gasteiger partial charge < -0.3 is 9.47 Å². The van der Waals surface area contributed by atoms with Crippen LogP contribution in [-0.2, 0) is 36.8 Å². The van der Waals surface area contributed by atoms with Crippen LogP contribution in [0.15, 0.2) is 79.1 Å². The van der Waals surface area contributed by atoms with Crippen LogP contribution in [0.25, 0.3) is 10.8 Å². The summed E-state index contributed by atoms with van der Waals surface area (Å²) in [5.41, 5.74) is 1.58. The van der Waals surface area contributed by atoms with E-state index in [1.54, 1.807) is 13.0 Å². The second-order valence-electron chi connectivity index (χ2n) is 8.12. The minimum atomic E-state index is -3.91. The summed E-state index contributed by atoms with van der Waals surface area (Å²) in [4.78, 5) is 10.3. The number of nitro groups is 1. The summed E-state index contributed by atoms with van der Waals surface area (Å²) < 4.78 is 42.4. The Morgan fingerprint density at radius 2 is 1.71 bits per heavy atom. The van der Waals surface area contributed by atoms with Gasteiger partial charge in [-0.15, -0.1) is 0 Å². The molecule has 1 heterocycles. The number of nitrogens with zero attached hydrogens (tertiary/aromatic N) is 1. The molecule has 178 valence electrons. The van der Waals surface area contributed by atoms with Crippen molar-refractivity contribution in [1.29, 1.82) is 0 Å². The Labute approximate surface area is 198 Å². The maximum atomic E-state index is 12.7. The Morgan fingerprint density at radius 3 is 2.44 bits per heavy atom. The van der Waals surface area contributed by atoms with E-state index in [-0.39, 0.29) is 24.5 Å². The number of nitro benzene ring substituents is 1. The van der Waals surface area contributed by atoms with Gasteiger partial charge in [-0.05, 0) is 47.4 Å². The molecule has 0 saturated carbocycles. The van der Waals surface area contributed by atoms with E-state index in [0.29, 0.717) is 5.56 Å². The van der Waals surface area contributed by atoms with Crippen molar-refractivity contribution in [3.63, 3.8) is 0 Å². The first-order valence-electron chi connectivity index (χ1n) is 10.9. The fourth-order valence-electron chi connectivity index (χ4n) is 3.75. The fraction of sp³-hybridized carbons (Fsp3) is 0.280. The van der Waals surface area contributed by atoms with Crippen molar-refractivity contribution in [2.45, 2.75) is 38.3 Å². The molecule has 0 amide bonds. The van der Waals surface area contributed by atoms with Crippen LogP contribution in [0.1, 0.15) is 18.1 Å². The molecule has 3 aromatic carbocycles. The maximum Gasteiger partial charge on any atom is 0.269 e. The zero-order valence-corrected chi connectivity index (χ0v) is 19.4. The molecule has 0 saturated heterocycles. The fourth-order valence-corrected chi connectivity index (χ4v) is 4.94. The van der Waals surface area contributed by atoms with Gasteiger partial charge in [0.1, 0.15) is 18.3 Å². The third-order valence-electron chi connectivity index (χ3n) is 5.65. The lowest BCUT2D eigenvalue weighted by Crippen LogP contribution is -2.43. The summed E-state index contributed by atoms with van der Waals surface area (Å²) >= 11 is 0. The highest BCUT2D eigenvalue weighted by Crippen LogP contribution is 2.23. The van der Waals surface area contributed by atoms with Crippen LogP contribution in [0.5, 0.6) is 0 Å². The van der Waals surface area contributed by atoms with E-state index in [9.17, 15) is 18.5 Å². The molecule has 34 heavy (non-hydrogen) atoms. The number of fused-ring (bicyclic) bond motifs is 1. The molecule has 3 aromatic rings. The highest BCUT2D eigenvalue weighted by Gasteiger charge is 2.35. The van der Waals surface area contributed by atoms with Crippen LogP contribution in [0.4, 0.5) is 5.69 Å². The SMILES string of the molecule is C[C@H]1OC=C[C@@H](OCc2ccc3ccccc3c2)[C@@H]1OS(=O)(=O)CCc1ccc([N+](=O)[O-])cc1. The molecule has 0 N–H and O–H groups in total. The summed E-state index contributed by atoms with van der Waals surface area (Å²) in [5.74, 6) is -0.269. The number of rotatable bonds is 9. The van der Waals surface area contributed by atoms with Crippen molar-refractivity contribution in [2.24, 2.45) is 0 Å². The number of benzene rings is 3. The lowest BCUT2D eigenvalue weighted by atomic mass is 10.1. The van der Waals surface area contributed by atoms with E-state index in [0.717, 1.165) is 16.3 Å². The summed E-state index contributed by atoms with van der Waals surface area (Å²) in [6.45, 7) is 2.02. The minimum Gasteiger partial charge on any atom is -0.496 e. The minimum absolute atomic E-state index is 0.0470. The monoisotopic (exact) mass is 483 g/mol. The number of hydrogen-bond acceptors (Lipinski definition) is 7. The van der Waals surface area contributed by atoms with Crippen LogP contribution in [0, 0.1) is 10.1 Å². The first-order valence-corrected chi connectivity index (χ1v) is 12.4. The van der Waals surface area contributed by atoms with Crippen LogP contribution < -0.4 is 0 Å². The lowest BCUT2D eigenvalue weighted by Gasteiger charge is -2.32. The second-order valence-corrected chi connectivity index (χ2v) is 9.84. The average molecular weight is 484 g/mol. The molecule has 0 spiro atoms. The molecule has 1 aliphatic heterocycles. The number of ether oxygens (including phenoxy) is 2. The molecule has 3 atom stereocenters. The Balaban J connectivity index is 1.38. The van der Waals surface area contributed by atoms with Gasteiger partial charge in [-0.2, -0.15) is 8.42 Å². The van der Waals surface area contributed by atoms with Crippen molar-refractivity contribution in [1.82, 2.24) is 0 Å². The van der Waals surface area contributed by atoms with E-state index in [1.807, 2.05) is 42.5 Å². The largest absolute Gasteiger partial charge is 0.496 e. The van der Waals surface area contributed by atoms with Crippen LogP contribution in [0.3, 0.4) is 0 Å². The summed E-state index contributed by atoms with van der Waals surface area (Å²) in [6, 6.07) is 19.8. The zero-order valence-electron chi connectivity index (χ0n) is 18.6. The molecule has 8 nitrogen and oxygen atoms in total. The first-order chi connectivity index (χ1) is 16.3. The lowest BCUT2D eigenvalue weighted by molar-refractivity contribution is -0.384. The summed E-state index contributed by atoms with van der Waals surface area (Å²) in [5, 5.41) is 13.0. The standard InChI is InChI=1S/C25H25NO7S/c1-18-25(33-34(29,30)15-13-19-7-10-23(11-8-19)26(27)28)24(12-14-31-18)32-17-20-6-9-21-4-2-3-5-22(21)16-20/h2-12,14,16,18,24-25H,13,15,17H2,1H3/t18-,24-,25-/m1/s1. The van der Waals surface area contributed by atoms with Crippen molar-refractivity contribution in [3.8, 4) is 0 Å². The highest BCUT2D eigenvalue weighted by molar-refractivity contribution is 7.86. The van der Waals surface area contributed by atoms with Crippen LogP contribution >= 0.6 is 0 Å². The second kappa shape index (κ2) is 10.3. The first kappa shape index (κ1) is 23.9. The maximum absolute atomic E-state index is 12.7. The molecule has 9 heteroatoms. The van der Waals surface area contributed by atoms with E-state index >= 15 is 0 Å². The summed E-state index contributed by atoms with van der Waals surface area (Å²) in [7, 11) is -3.91. The van der Waals surface area contributed by atoms with E-state index < -0.39 is 33.4 Å². The summed E-state index contributed by atoms with van der Waals surface area (Å²) in [6.07, 6.45) is 1.34. The van der Waals surface area contributed by atoms with Gasteiger partial charge in [-0.1, -0.05) is 48.5 Å². The normalized spacial score (nSPS) is 20.2. The van der Waals surface area contributed by atoms with Crippen molar-refractivity contribution >= 4 is 26.6 Å². The molecular formula is C25H25NO7S. The van der Waals surface area contributed by atoms with Crippen molar-refractivity contribution in [3.05, 3.63) is 100 Å². The predicted molar refractivity (Wildman–Crippen MR) is 128 cm³/mol. The smallest absolute Gasteiger partial charge is 0.269 e. The van der Waals surface area contributed by atoms with E-state index in [4.69, 9.17) is 13.7 Å². The van der Waals surface area contributed by atoms with E-state index in [2.05, 4.69) is 0 Å². The Kier molecular flexibility index (Phi) is 7.26. The van der Waals surface area contributed by atoms with Gasteiger partial charge >= 0.3 is 0 Å². The van der Waals surface area contributed by atoms with Gasteiger partial charge in [0.15, 0.2) is 0 Å². The molecule has 0 radical (unpaired) electrons. The average Bonchev–Trinajstić information content (AvgIpc) is 2.83. The van der Waals surface area contributed by atoms with Crippen LogP contribution in [-0.4, -0.2) is 37.4 Å². The quantitative estimate of drug-likeness (QED) is 0.250. The predicted octanol–water partition coefficient (Wildman–Crippen LogP) is 4.52. The number of hydrogen-bond donors (Lipinski definition) is 0.